The summed E-state index contributed by atoms with van der Waals surface area (Å²) in [6.45, 7) is 5.28. The number of thiophene rings is 1. The molecule has 1 aromatic rings. The van der Waals surface area contributed by atoms with E-state index in [4.69, 9.17) is 16.3 Å². The van der Waals surface area contributed by atoms with E-state index < -0.39 is 0 Å². The average Bonchev–Trinajstić information content (AvgIpc) is 2.82. The van der Waals surface area contributed by atoms with Gasteiger partial charge < -0.3 is 15.4 Å². The van der Waals surface area contributed by atoms with E-state index in [0.717, 1.165) is 49.4 Å². The van der Waals surface area contributed by atoms with Crippen LogP contribution in [0.4, 0.5) is 0 Å². The Bertz CT molecular complexity index is 382. The topological polar surface area (TPSA) is 45.6 Å². The number of rotatable bonds is 8. The smallest absolute Gasteiger partial charge is 0.190 e. The molecule has 1 rings (SSSR count). The maximum absolute atomic E-state index is 5.89. The molecule has 0 atom stereocenters. The summed E-state index contributed by atoms with van der Waals surface area (Å²) in [6, 6.07) is 4.00. The number of halogens is 1. The predicted molar refractivity (Wildman–Crippen MR) is 83.5 cm³/mol. The van der Waals surface area contributed by atoms with Gasteiger partial charge in [-0.25, -0.2) is 0 Å². The van der Waals surface area contributed by atoms with Crippen LogP contribution in [0.15, 0.2) is 17.1 Å². The van der Waals surface area contributed by atoms with Crippen molar-refractivity contribution in [2.45, 2.75) is 19.8 Å². The second-order valence-electron chi connectivity index (χ2n) is 3.93. The van der Waals surface area contributed by atoms with Crippen LogP contribution in [0.1, 0.15) is 18.2 Å². The number of hydrogen-bond acceptors (Lipinski definition) is 3. The monoisotopic (exact) mass is 303 g/mol. The summed E-state index contributed by atoms with van der Waals surface area (Å²) in [5.41, 5.74) is 0. The molecular formula is C13H22ClN3OS. The first kappa shape index (κ1) is 16.3. The van der Waals surface area contributed by atoms with Gasteiger partial charge in [0.05, 0.1) is 4.34 Å². The number of nitrogens with one attached hydrogen (secondary N) is 2. The third kappa shape index (κ3) is 7.40. The van der Waals surface area contributed by atoms with E-state index in [1.54, 1.807) is 18.4 Å². The van der Waals surface area contributed by atoms with Crippen LogP contribution in [-0.4, -0.2) is 39.3 Å². The van der Waals surface area contributed by atoms with Crippen molar-refractivity contribution in [3.05, 3.63) is 21.3 Å². The fraction of sp³-hybridized carbons (Fsp3) is 0.615. The number of aliphatic imine (C=N–C) groups is 1. The molecule has 0 aromatic carbocycles. The van der Waals surface area contributed by atoms with Crippen LogP contribution in [0.3, 0.4) is 0 Å². The van der Waals surface area contributed by atoms with Crippen molar-refractivity contribution in [1.82, 2.24) is 10.6 Å². The van der Waals surface area contributed by atoms with E-state index in [1.807, 2.05) is 13.0 Å². The Hall–Kier alpha value is -0.780. The van der Waals surface area contributed by atoms with Crippen LogP contribution in [0.2, 0.25) is 4.34 Å². The zero-order chi connectivity index (χ0) is 13.9. The molecule has 4 nitrogen and oxygen atoms in total. The van der Waals surface area contributed by atoms with Crippen molar-refractivity contribution in [3.8, 4) is 0 Å². The van der Waals surface area contributed by atoms with Crippen LogP contribution < -0.4 is 10.6 Å². The Kier molecular flexibility index (Phi) is 8.62. The summed E-state index contributed by atoms with van der Waals surface area (Å²) in [5, 5.41) is 6.54. The highest BCUT2D eigenvalue weighted by molar-refractivity contribution is 7.16. The number of nitrogens with zero attached hydrogens (tertiary/aromatic N) is 1. The van der Waals surface area contributed by atoms with Gasteiger partial charge in [-0.2, -0.15) is 0 Å². The summed E-state index contributed by atoms with van der Waals surface area (Å²) in [4.78, 5) is 5.45. The number of hydrogen-bond donors (Lipinski definition) is 2. The average molecular weight is 304 g/mol. The first-order chi connectivity index (χ1) is 9.26. The summed E-state index contributed by atoms with van der Waals surface area (Å²) in [6.07, 6.45) is 1.94. The molecule has 2 N–H and O–H groups in total. The summed E-state index contributed by atoms with van der Waals surface area (Å²) >= 11 is 7.51. The zero-order valence-corrected chi connectivity index (χ0v) is 13.1. The molecule has 1 heterocycles. The van der Waals surface area contributed by atoms with Crippen molar-refractivity contribution >= 4 is 28.9 Å². The Morgan fingerprint density at radius 3 is 2.79 bits per heavy atom. The predicted octanol–water partition coefficient (Wildman–Crippen LogP) is 2.54. The molecule has 6 heteroatoms. The second kappa shape index (κ2) is 10.1. The third-order valence-corrected chi connectivity index (χ3v) is 3.77. The van der Waals surface area contributed by atoms with Gasteiger partial charge >= 0.3 is 0 Å². The van der Waals surface area contributed by atoms with E-state index >= 15 is 0 Å². The molecule has 0 amide bonds. The molecule has 0 fully saturated rings. The first-order valence-corrected chi connectivity index (χ1v) is 7.72. The molecule has 19 heavy (non-hydrogen) atoms. The van der Waals surface area contributed by atoms with Gasteiger partial charge in [0.25, 0.3) is 0 Å². The fourth-order valence-corrected chi connectivity index (χ4v) is 2.62. The molecule has 0 radical (unpaired) electrons. The van der Waals surface area contributed by atoms with Gasteiger partial charge in [-0.3, -0.25) is 4.99 Å². The third-order valence-electron chi connectivity index (χ3n) is 2.48. The van der Waals surface area contributed by atoms with Crippen LogP contribution >= 0.6 is 22.9 Å². The van der Waals surface area contributed by atoms with Crippen LogP contribution in [0.25, 0.3) is 0 Å². The van der Waals surface area contributed by atoms with E-state index in [1.165, 1.54) is 4.88 Å². The molecule has 0 bridgehead atoms. The molecule has 0 aliphatic rings. The van der Waals surface area contributed by atoms with Crippen LogP contribution in [-0.2, 0) is 11.2 Å². The van der Waals surface area contributed by atoms with Crippen LogP contribution in [0.5, 0.6) is 0 Å². The molecule has 0 saturated carbocycles. The highest BCUT2D eigenvalue weighted by atomic mass is 35.5. The lowest BCUT2D eigenvalue weighted by atomic mass is 10.3. The molecule has 0 saturated heterocycles. The lowest BCUT2D eigenvalue weighted by molar-refractivity contribution is 0.145. The summed E-state index contributed by atoms with van der Waals surface area (Å²) < 4.78 is 6.12. The largest absolute Gasteiger partial charge is 0.382 e. The van der Waals surface area contributed by atoms with Gasteiger partial charge in [-0.05, 0) is 31.9 Å². The van der Waals surface area contributed by atoms with E-state index in [9.17, 15) is 0 Å². The van der Waals surface area contributed by atoms with Gasteiger partial charge in [0.2, 0.25) is 0 Å². The van der Waals surface area contributed by atoms with Gasteiger partial charge in [-0.1, -0.05) is 11.6 Å². The second-order valence-corrected chi connectivity index (χ2v) is 5.73. The Morgan fingerprint density at radius 2 is 2.16 bits per heavy atom. The Labute approximate surface area is 124 Å². The molecule has 108 valence electrons. The SMILES string of the molecule is CCOCCCNC(=NC)NCCc1ccc(Cl)s1. The molecular weight excluding hydrogens is 282 g/mol. The van der Waals surface area contributed by atoms with Gasteiger partial charge in [0, 0.05) is 38.2 Å². The fourth-order valence-electron chi connectivity index (χ4n) is 1.54. The minimum Gasteiger partial charge on any atom is -0.382 e. The van der Waals surface area contributed by atoms with E-state index in [-0.39, 0.29) is 0 Å². The normalized spacial score (nSPS) is 11.6. The summed E-state index contributed by atoms with van der Waals surface area (Å²) in [5.74, 6) is 0.833. The highest BCUT2D eigenvalue weighted by Gasteiger charge is 2.00. The van der Waals surface area contributed by atoms with Gasteiger partial charge in [0.15, 0.2) is 5.96 Å². The lowest BCUT2D eigenvalue weighted by Crippen LogP contribution is -2.38. The van der Waals surface area contributed by atoms with Gasteiger partial charge in [0.1, 0.15) is 0 Å². The van der Waals surface area contributed by atoms with Crippen LogP contribution in [0, 0.1) is 0 Å². The Morgan fingerprint density at radius 1 is 1.37 bits per heavy atom. The molecule has 0 spiro atoms. The first-order valence-electron chi connectivity index (χ1n) is 6.52. The standard InChI is InChI=1S/C13H22ClN3OS/c1-3-18-10-4-8-16-13(15-2)17-9-7-11-5-6-12(14)19-11/h5-6H,3-4,7-10H2,1-2H3,(H2,15,16,17). The molecule has 0 aliphatic carbocycles. The van der Waals surface area contributed by atoms with Gasteiger partial charge in [-0.15, -0.1) is 11.3 Å². The highest BCUT2D eigenvalue weighted by Crippen LogP contribution is 2.21. The molecule has 0 unspecified atom stereocenters. The minimum absolute atomic E-state index is 0.774. The lowest BCUT2D eigenvalue weighted by Gasteiger charge is -2.11. The molecule has 1 aromatic heterocycles. The van der Waals surface area contributed by atoms with Crippen molar-refractivity contribution in [2.75, 3.05) is 33.4 Å². The molecule has 0 aliphatic heterocycles. The van der Waals surface area contributed by atoms with Crippen molar-refractivity contribution in [1.29, 1.82) is 0 Å². The minimum atomic E-state index is 0.774. The van der Waals surface area contributed by atoms with Crippen molar-refractivity contribution in [3.63, 3.8) is 0 Å². The van der Waals surface area contributed by atoms with E-state index in [0.29, 0.717) is 0 Å². The zero-order valence-electron chi connectivity index (χ0n) is 11.5. The maximum Gasteiger partial charge on any atom is 0.190 e. The number of guanidine groups is 1. The maximum atomic E-state index is 5.89. The Balaban J connectivity index is 2.11. The number of ether oxygens (including phenoxy) is 1. The quantitative estimate of drug-likeness (QED) is 0.441. The van der Waals surface area contributed by atoms with Crippen molar-refractivity contribution < 1.29 is 4.74 Å². The summed E-state index contributed by atoms with van der Waals surface area (Å²) in [7, 11) is 1.78. The van der Waals surface area contributed by atoms with E-state index in [2.05, 4.69) is 21.7 Å². The van der Waals surface area contributed by atoms with Crippen molar-refractivity contribution in [2.24, 2.45) is 4.99 Å².